The molecule has 0 heterocycles. The highest BCUT2D eigenvalue weighted by Crippen LogP contribution is 2.04. The number of nitrogens with zero attached hydrogens (tertiary/aromatic N) is 2. The van der Waals surface area contributed by atoms with Crippen molar-refractivity contribution in [3.63, 3.8) is 0 Å². The zero-order valence-electron chi connectivity index (χ0n) is 12.6. The first kappa shape index (κ1) is 17.1. The lowest BCUT2D eigenvalue weighted by Crippen LogP contribution is -2.20. The number of oxime groups is 2. The van der Waals surface area contributed by atoms with Gasteiger partial charge in [0.25, 0.3) is 0 Å². The van der Waals surface area contributed by atoms with Gasteiger partial charge in [-0.25, -0.2) is 0 Å². The predicted octanol–water partition coefficient (Wildman–Crippen LogP) is 2.52. The molecule has 0 saturated carbocycles. The average molecular weight is 274 g/mol. The van der Waals surface area contributed by atoms with E-state index in [0.717, 1.165) is 11.4 Å². The molecule has 0 spiro atoms. The second kappa shape index (κ2) is 9.10. The lowest BCUT2D eigenvalue weighted by molar-refractivity contribution is -0.249. The van der Waals surface area contributed by atoms with Crippen LogP contribution in [0.5, 0.6) is 0 Å². The van der Waals surface area contributed by atoms with Gasteiger partial charge in [0.05, 0.1) is 11.4 Å². The topological polar surface area (TPSA) is 52.4 Å². The van der Waals surface area contributed by atoms with Crippen molar-refractivity contribution < 1.29 is 14.1 Å². The SMILES string of the molecule is C[SiH2]OC(ON=C(C)C(C)C)ON=C(C)C(C)C. The van der Waals surface area contributed by atoms with Gasteiger partial charge in [0, 0.05) is 0 Å². The van der Waals surface area contributed by atoms with Crippen LogP contribution in [0.4, 0.5) is 0 Å². The molecular formula is C12H26N2O3Si. The van der Waals surface area contributed by atoms with Gasteiger partial charge in [0.15, 0.2) is 9.76 Å². The molecular weight excluding hydrogens is 248 g/mol. The molecule has 0 aromatic heterocycles. The van der Waals surface area contributed by atoms with Crippen LogP contribution in [0, 0.1) is 11.8 Å². The summed E-state index contributed by atoms with van der Waals surface area (Å²) in [6.45, 7) is 13.2. The highest BCUT2D eigenvalue weighted by Gasteiger charge is 2.11. The van der Waals surface area contributed by atoms with Crippen molar-refractivity contribution in [1.29, 1.82) is 0 Å². The maximum Gasteiger partial charge on any atom is 0.394 e. The minimum absolute atomic E-state index is 0.338. The van der Waals surface area contributed by atoms with Gasteiger partial charge in [-0.15, -0.1) is 0 Å². The molecule has 106 valence electrons. The molecule has 0 radical (unpaired) electrons. The Kier molecular flexibility index (Phi) is 8.65. The molecule has 0 aromatic rings. The first-order valence-electron chi connectivity index (χ1n) is 6.40. The summed E-state index contributed by atoms with van der Waals surface area (Å²) in [5.74, 6) is 0.677. The van der Waals surface area contributed by atoms with E-state index in [1.165, 1.54) is 0 Å². The van der Waals surface area contributed by atoms with Gasteiger partial charge in [-0.05, 0) is 25.7 Å². The molecule has 0 aliphatic heterocycles. The predicted molar refractivity (Wildman–Crippen MR) is 77.3 cm³/mol. The van der Waals surface area contributed by atoms with Gasteiger partial charge >= 0.3 is 6.48 Å². The number of hydrogen-bond donors (Lipinski definition) is 0. The Morgan fingerprint density at radius 3 is 1.56 bits per heavy atom. The van der Waals surface area contributed by atoms with E-state index in [0.29, 0.717) is 11.8 Å². The standard InChI is InChI=1S/C12H26N2O3Si/c1-8(2)10(5)13-15-12(17-18-7)16-14-11(6)9(3)4/h8-9,12H,18H2,1-7H3. The van der Waals surface area contributed by atoms with Crippen molar-refractivity contribution in [2.45, 2.75) is 54.6 Å². The lowest BCUT2D eigenvalue weighted by atomic mass is 10.1. The van der Waals surface area contributed by atoms with Crippen molar-refractivity contribution >= 4 is 21.2 Å². The van der Waals surface area contributed by atoms with Crippen LogP contribution in [0.2, 0.25) is 6.55 Å². The molecule has 0 unspecified atom stereocenters. The van der Waals surface area contributed by atoms with Crippen molar-refractivity contribution in [2.75, 3.05) is 0 Å². The van der Waals surface area contributed by atoms with Crippen LogP contribution in [0.25, 0.3) is 0 Å². The van der Waals surface area contributed by atoms with Crippen LogP contribution in [0.3, 0.4) is 0 Å². The Morgan fingerprint density at radius 2 is 1.28 bits per heavy atom. The van der Waals surface area contributed by atoms with Gasteiger partial charge in [0.1, 0.15) is 0 Å². The molecule has 0 aromatic carbocycles. The van der Waals surface area contributed by atoms with Crippen molar-refractivity contribution in [2.24, 2.45) is 22.1 Å². The first-order chi connectivity index (χ1) is 8.38. The van der Waals surface area contributed by atoms with E-state index in [4.69, 9.17) is 14.1 Å². The average Bonchev–Trinajstić information content (AvgIpc) is 2.31. The second-order valence-corrected chi connectivity index (χ2v) is 5.64. The lowest BCUT2D eigenvalue weighted by Gasteiger charge is -2.14. The largest absolute Gasteiger partial charge is 0.394 e. The third-order valence-corrected chi connectivity index (χ3v) is 3.14. The second-order valence-electron chi connectivity index (χ2n) is 4.73. The summed E-state index contributed by atoms with van der Waals surface area (Å²) in [5.41, 5.74) is 1.80. The molecule has 0 bridgehead atoms. The van der Waals surface area contributed by atoms with Crippen LogP contribution >= 0.6 is 0 Å². The molecule has 0 saturated heterocycles. The van der Waals surface area contributed by atoms with Crippen molar-refractivity contribution in [3.05, 3.63) is 0 Å². The summed E-state index contributed by atoms with van der Waals surface area (Å²) < 4.78 is 5.38. The normalized spacial score (nSPS) is 15.8. The van der Waals surface area contributed by atoms with E-state index in [-0.39, 0.29) is 0 Å². The van der Waals surface area contributed by atoms with E-state index < -0.39 is 16.2 Å². The quantitative estimate of drug-likeness (QED) is 0.296. The van der Waals surface area contributed by atoms with Crippen molar-refractivity contribution in [3.8, 4) is 0 Å². The minimum Gasteiger partial charge on any atom is -0.357 e. The van der Waals surface area contributed by atoms with Crippen LogP contribution in [-0.4, -0.2) is 27.7 Å². The van der Waals surface area contributed by atoms with E-state index in [1.807, 2.05) is 20.4 Å². The molecule has 0 atom stereocenters. The Morgan fingerprint density at radius 1 is 0.889 bits per heavy atom. The summed E-state index contributed by atoms with van der Waals surface area (Å²) in [4.78, 5) is 10.4. The molecule has 18 heavy (non-hydrogen) atoms. The first-order valence-corrected chi connectivity index (χ1v) is 8.39. The van der Waals surface area contributed by atoms with Gasteiger partial charge in [-0.2, -0.15) is 0 Å². The van der Waals surface area contributed by atoms with E-state index in [9.17, 15) is 0 Å². The summed E-state index contributed by atoms with van der Waals surface area (Å²) in [7, 11) is -0.650. The maximum absolute atomic E-state index is 5.38. The van der Waals surface area contributed by atoms with Gasteiger partial charge < -0.3 is 14.1 Å². The molecule has 5 nitrogen and oxygen atoms in total. The van der Waals surface area contributed by atoms with E-state index >= 15 is 0 Å². The summed E-state index contributed by atoms with van der Waals surface area (Å²) in [6.07, 6.45) is 0. The van der Waals surface area contributed by atoms with Crippen LogP contribution in [0.1, 0.15) is 41.5 Å². The van der Waals surface area contributed by atoms with Crippen LogP contribution < -0.4 is 0 Å². The molecule has 6 heteroatoms. The Hall–Kier alpha value is -0.883. The third-order valence-electron chi connectivity index (χ3n) is 2.54. The van der Waals surface area contributed by atoms with Crippen molar-refractivity contribution in [1.82, 2.24) is 0 Å². The fraction of sp³-hybridized carbons (Fsp3) is 0.833. The van der Waals surface area contributed by atoms with Gasteiger partial charge in [-0.3, -0.25) is 0 Å². The zero-order valence-corrected chi connectivity index (χ0v) is 14.0. The summed E-state index contributed by atoms with van der Waals surface area (Å²) in [6, 6.07) is 0. The number of rotatable bonds is 8. The number of hydrogen-bond acceptors (Lipinski definition) is 5. The molecule has 0 aliphatic rings. The molecule has 0 amide bonds. The maximum atomic E-state index is 5.38. The van der Waals surface area contributed by atoms with E-state index in [2.05, 4.69) is 38.0 Å². The fourth-order valence-corrected chi connectivity index (χ4v) is 1.07. The van der Waals surface area contributed by atoms with E-state index in [1.54, 1.807) is 0 Å². The highest BCUT2D eigenvalue weighted by atomic mass is 28.2. The van der Waals surface area contributed by atoms with Crippen LogP contribution in [0.15, 0.2) is 10.3 Å². The molecule has 0 rings (SSSR count). The molecule has 0 fully saturated rings. The Balaban J connectivity index is 4.40. The minimum atomic E-state index is -0.830. The fourth-order valence-electron chi connectivity index (χ4n) is 0.679. The molecule has 0 aliphatic carbocycles. The Bertz CT molecular complexity index is 265. The van der Waals surface area contributed by atoms with Crippen LogP contribution in [-0.2, 0) is 14.1 Å². The van der Waals surface area contributed by atoms with Gasteiger partial charge in [0.2, 0.25) is 0 Å². The zero-order chi connectivity index (χ0) is 14.1. The smallest absolute Gasteiger partial charge is 0.357 e. The third kappa shape index (κ3) is 7.44. The summed E-state index contributed by atoms with van der Waals surface area (Å²) >= 11 is 0. The molecule has 0 N–H and O–H groups in total. The summed E-state index contributed by atoms with van der Waals surface area (Å²) in [5, 5.41) is 7.97. The highest BCUT2D eigenvalue weighted by molar-refractivity contribution is 6.24. The van der Waals surface area contributed by atoms with Gasteiger partial charge in [-0.1, -0.05) is 44.6 Å². The Labute approximate surface area is 112 Å². The monoisotopic (exact) mass is 274 g/mol.